The van der Waals surface area contributed by atoms with Crippen LogP contribution in [0.4, 0.5) is 14.9 Å². The quantitative estimate of drug-likeness (QED) is 0.787. The molecule has 2 heterocycles. The van der Waals surface area contributed by atoms with E-state index in [9.17, 15) is 14.0 Å². The van der Waals surface area contributed by atoms with Crippen LogP contribution in [0.3, 0.4) is 0 Å². The van der Waals surface area contributed by atoms with Gasteiger partial charge in [0.05, 0.1) is 14.2 Å². The second-order valence-corrected chi connectivity index (χ2v) is 7.44. The molecule has 2 aliphatic heterocycles. The Morgan fingerprint density at radius 3 is 2.42 bits per heavy atom. The van der Waals surface area contributed by atoms with E-state index >= 15 is 0 Å². The van der Waals surface area contributed by atoms with Crippen LogP contribution in [-0.2, 0) is 4.79 Å². The Morgan fingerprint density at radius 2 is 1.77 bits per heavy atom. The normalized spacial score (nSPS) is 17.2. The summed E-state index contributed by atoms with van der Waals surface area (Å²) in [7, 11) is 3.08. The Morgan fingerprint density at radius 1 is 1.10 bits per heavy atom. The summed E-state index contributed by atoms with van der Waals surface area (Å²) in [4.78, 5) is 31.4. The zero-order valence-corrected chi connectivity index (χ0v) is 17.3. The number of benzene rings is 2. The van der Waals surface area contributed by atoms with Gasteiger partial charge in [0, 0.05) is 43.2 Å². The van der Waals surface area contributed by atoms with Gasteiger partial charge in [0.1, 0.15) is 17.2 Å². The third-order valence-electron chi connectivity index (χ3n) is 5.52. The fourth-order valence-electron chi connectivity index (χ4n) is 3.80. The van der Waals surface area contributed by atoms with Crippen LogP contribution in [0.25, 0.3) is 0 Å². The molecule has 2 aromatic carbocycles. The number of methoxy groups -OCH3 is 2. The lowest BCUT2D eigenvalue weighted by atomic mass is 9.98. The maximum atomic E-state index is 13.2. The average molecular weight is 426 g/mol. The number of hydrogen-bond acceptors (Lipinski definition) is 5. The molecular formula is C22H23FN4O4. The largest absolute Gasteiger partial charge is 0.493 e. The van der Waals surface area contributed by atoms with Crippen LogP contribution in [0.15, 0.2) is 47.5 Å². The fraction of sp³-hybridized carbons (Fsp3) is 0.318. The molecule has 0 bridgehead atoms. The molecule has 1 saturated heterocycles. The van der Waals surface area contributed by atoms with E-state index in [1.807, 2.05) is 0 Å². The number of carbonyl (C=O) groups excluding carboxylic acids is 2. The number of halogens is 1. The summed E-state index contributed by atoms with van der Waals surface area (Å²) in [5.74, 6) is 0.447. The van der Waals surface area contributed by atoms with Crippen LogP contribution in [0, 0.1) is 5.82 Å². The molecule has 0 aliphatic carbocycles. The summed E-state index contributed by atoms with van der Waals surface area (Å²) >= 11 is 0. The van der Waals surface area contributed by atoms with Crippen LogP contribution in [0.2, 0.25) is 0 Å². The number of likely N-dealkylation sites (tertiary alicyclic amines) is 1. The van der Waals surface area contributed by atoms with Crippen molar-refractivity contribution in [2.24, 2.45) is 4.99 Å². The molecule has 1 spiro atoms. The molecule has 2 aliphatic rings. The first kappa shape index (κ1) is 20.6. The minimum atomic E-state index is -0.735. The highest BCUT2D eigenvalue weighted by Gasteiger charge is 2.42. The van der Waals surface area contributed by atoms with Crippen molar-refractivity contribution in [3.05, 3.63) is 53.8 Å². The Hall–Kier alpha value is -3.62. The smallest absolute Gasteiger partial charge is 0.321 e. The molecule has 1 fully saturated rings. The predicted octanol–water partition coefficient (Wildman–Crippen LogP) is 2.79. The molecule has 4 rings (SSSR count). The number of ether oxygens (including phenoxy) is 2. The Bertz CT molecular complexity index is 1030. The van der Waals surface area contributed by atoms with Gasteiger partial charge in [-0.15, -0.1) is 0 Å². The topological polar surface area (TPSA) is 92.3 Å². The SMILES string of the molecule is COc1ccc(NC(=O)N2CCC3(CC2)N=C(c2ccc(F)cc2)C(=O)N3)cc1OC. The van der Waals surface area contributed by atoms with Crippen molar-refractivity contribution in [3.8, 4) is 11.5 Å². The molecule has 162 valence electrons. The van der Waals surface area contributed by atoms with Crippen molar-refractivity contribution in [2.75, 3.05) is 32.6 Å². The number of aliphatic imine (C=N–C) groups is 1. The van der Waals surface area contributed by atoms with Crippen molar-refractivity contribution >= 4 is 23.3 Å². The highest BCUT2D eigenvalue weighted by molar-refractivity contribution is 6.46. The summed E-state index contributed by atoms with van der Waals surface area (Å²) < 4.78 is 23.6. The number of anilines is 1. The second kappa shape index (κ2) is 8.25. The Balaban J connectivity index is 1.41. The van der Waals surface area contributed by atoms with Gasteiger partial charge in [-0.25, -0.2) is 9.18 Å². The van der Waals surface area contributed by atoms with Gasteiger partial charge in [-0.3, -0.25) is 9.79 Å². The first-order valence-electron chi connectivity index (χ1n) is 9.89. The van der Waals surface area contributed by atoms with Gasteiger partial charge < -0.3 is 25.0 Å². The van der Waals surface area contributed by atoms with E-state index in [4.69, 9.17) is 9.47 Å². The van der Waals surface area contributed by atoms with Crippen LogP contribution >= 0.6 is 0 Å². The summed E-state index contributed by atoms with van der Waals surface area (Å²) in [5.41, 5.74) is 0.724. The minimum Gasteiger partial charge on any atom is -0.493 e. The van der Waals surface area contributed by atoms with E-state index in [1.54, 1.807) is 42.3 Å². The molecule has 0 unspecified atom stereocenters. The van der Waals surface area contributed by atoms with E-state index in [-0.39, 0.29) is 17.8 Å². The number of carbonyl (C=O) groups is 2. The van der Waals surface area contributed by atoms with Crippen molar-refractivity contribution < 1.29 is 23.5 Å². The third-order valence-corrected chi connectivity index (χ3v) is 5.52. The summed E-state index contributed by atoms with van der Waals surface area (Å²) in [5, 5.41) is 5.80. The zero-order chi connectivity index (χ0) is 22.0. The molecule has 0 aromatic heterocycles. The molecule has 2 N–H and O–H groups in total. The van der Waals surface area contributed by atoms with E-state index < -0.39 is 5.66 Å². The molecule has 3 amide bonds. The predicted molar refractivity (Wildman–Crippen MR) is 113 cm³/mol. The zero-order valence-electron chi connectivity index (χ0n) is 17.3. The second-order valence-electron chi connectivity index (χ2n) is 7.44. The van der Waals surface area contributed by atoms with Crippen molar-refractivity contribution in [1.82, 2.24) is 10.2 Å². The lowest BCUT2D eigenvalue weighted by molar-refractivity contribution is -0.115. The fourth-order valence-corrected chi connectivity index (χ4v) is 3.80. The average Bonchev–Trinajstić information content (AvgIpc) is 3.10. The summed E-state index contributed by atoms with van der Waals surface area (Å²) in [6, 6.07) is 10.6. The number of hydrogen-bond donors (Lipinski definition) is 2. The lowest BCUT2D eigenvalue weighted by Crippen LogP contribution is -2.53. The number of urea groups is 1. The monoisotopic (exact) mass is 426 g/mol. The standard InChI is InChI=1S/C22H23FN4O4/c1-30-17-8-7-16(13-18(17)31-2)24-21(29)27-11-9-22(10-12-27)25-19(20(28)26-22)14-3-5-15(23)6-4-14/h3-8,13H,9-12H2,1-2H3,(H,24,29)(H,26,28). The van der Waals surface area contributed by atoms with E-state index in [0.29, 0.717) is 54.4 Å². The van der Waals surface area contributed by atoms with Gasteiger partial charge in [0.2, 0.25) is 0 Å². The highest BCUT2D eigenvalue weighted by atomic mass is 19.1. The first-order valence-corrected chi connectivity index (χ1v) is 9.89. The maximum Gasteiger partial charge on any atom is 0.321 e. The Labute approximate surface area is 179 Å². The minimum absolute atomic E-state index is 0.242. The molecule has 8 nitrogen and oxygen atoms in total. The van der Waals surface area contributed by atoms with Gasteiger partial charge >= 0.3 is 6.03 Å². The van der Waals surface area contributed by atoms with Crippen LogP contribution in [0.5, 0.6) is 11.5 Å². The summed E-state index contributed by atoms with van der Waals surface area (Å²) in [6.07, 6.45) is 0.978. The number of piperidine rings is 1. The van der Waals surface area contributed by atoms with Crippen molar-refractivity contribution in [1.29, 1.82) is 0 Å². The molecule has 9 heteroatoms. The number of rotatable bonds is 4. The molecule has 0 atom stereocenters. The van der Waals surface area contributed by atoms with E-state index in [1.165, 1.54) is 19.2 Å². The van der Waals surface area contributed by atoms with Gasteiger partial charge in [-0.1, -0.05) is 0 Å². The van der Waals surface area contributed by atoms with E-state index in [2.05, 4.69) is 15.6 Å². The maximum absolute atomic E-state index is 13.2. The number of nitrogens with one attached hydrogen (secondary N) is 2. The van der Waals surface area contributed by atoms with E-state index in [0.717, 1.165) is 0 Å². The van der Waals surface area contributed by atoms with Crippen LogP contribution < -0.4 is 20.1 Å². The first-order chi connectivity index (χ1) is 14.9. The van der Waals surface area contributed by atoms with Gasteiger partial charge in [-0.2, -0.15) is 0 Å². The van der Waals surface area contributed by atoms with Crippen LogP contribution in [-0.4, -0.2) is 55.5 Å². The third kappa shape index (κ3) is 4.16. The molecular weight excluding hydrogens is 403 g/mol. The Kier molecular flexibility index (Phi) is 5.50. The molecule has 0 radical (unpaired) electrons. The highest BCUT2D eigenvalue weighted by Crippen LogP contribution is 2.31. The van der Waals surface area contributed by atoms with Gasteiger partial charge in [-0.05, 0) is 36.4 Å². The molecule has 2 aromatic rings. The van der Waals surface area contributed by atoms with Gasteiger partial charge in [0.25, 0.3) is 5.91 Å². The number of nitrogens with zero attached hydrogens (tertiary/aromatic N) is 2. The molecule has 31 heavy (non-hydrogen) atoms. The van der Waals surface area contributed by atoms with Gasteiger partial charge in [0.15, 0.2) is 11.5 Å². The lowest BCUT2D eigenvalue weighted by Gasteiger charge is -2.37. The van der Waals surface area contributed by atoms with Crippen LogP contribution in [0.1, 0.15) is 18.4 Å². The summed E-state index contributed by atoms with van der Waals surface area (Å²) in [6.45, 7) is 0.860. The van der Waals surface area contributed by atoms with Crippen molar-refractivity contribution in [2.45, 2.75) is 18.5 Å². The molecule has 0 saturated carbocycles. The number of amides is 3. The van der Waals surface area contributed by atoms with Crippen molar-refractivity contribution in [3.63, 3.8) is 0 Å².